The highest BCUT2D eigenvalue weighted by Crippen LogP contribution is 2.33. The number of carbonyl (C=O) groups excluding carboxylic acids is 1. The lowest BCUT2D eigenvalue weighted by molar-refractivity contribution is -0.118. The number of nitrogens with zero attached hydrogens (tertiary/aromatic N) is 3. The molecule has 0 saturated carbocycles. The van der Waals surface area contributed by atoms with Gasteiger partial charge in [0.2, 0.25) is 5.91 Å². The smallest absolute Gasteiger partial charge is 0.228 e. The molecule has 1 aromatic heterocycles. The van der Waals surface area contributed by atoms with Gasteiger partial charge in [-0.25, -0.2) is 21.8 Å². The van der Waals surface area contributed by atoms with E-state index in [1.807, 2.05) is 13.8 Å². The van der Waals surface area contributed by atoms with Gasteiger partial charge in [0.1, 0.15) is 11.3 Å². The highest BCUT2D eigenvalue weighted by Gasteiger charge is 2.24. The Hall–Kier alpha value is -2.54. The summed E-state index contributed by atoms with van der Waals surface area (Å²) in [7, 11) is -5.55. The molecule has 1 amide bonds. The number of aromatic nitrogens is 1. The minimum Gasteiger partial charge on any atom is -0.497 e. The maximum Gasteiger partial charge on any atom is 0.228 e. The van der Waals surface area contributed by atoms with E-state index in [4.69, 9.17) is 4.74 Å². The van der Waals surface area contributed by atoms with Crippen molar-refractivity contribution in [2.45, 2.75) is 36.5 Å². The molecule has 0 aliphatic rings. The molecule has 37 heavy (non-hydrogen) atoms. The Labute approximate surface area is 222 Å². The SMILES string of the molecule is CCN(CC)CCN(C(=O)CCCS(=O)(=O)c1ccc(OC)cc1)c1nc2c(S(C)(=O)=O)cccc2s1. The van der Waals surface area contributed by atoms with Crippen LogP contribution in [0.25, 0.3) is 10.2 Å². The van der Waals surface area contributed by atoms with Crippen molar-refractivity contribution in [1.29, 1.82) is 0 Å². The first kappa shape index (κ1) is 29.0. The van der Waals surface area contributed by atoms with Crippen LogP contribution in [0.1, 0.15) is 26.7 Å². The minimum absolute atomic E-state index is 0.0164. The molecule has 0 bridgehead atoms. The van der Waals surface area contributed by atoms with E-state index in [-0.39, 0.29) is 34.3 Å². The van der Waals surface area contributed by atoms with E-state index in [0.29, 0.717) is 34.2 Å². The summed E-state index contributed by atoms with van der Waals surface area (Å²) in [6.07, 6.45) is 1.30. The second-order valence-electron chi connectivity index (χ2n) is 8.54. The molecule has 0 atom stereocenters. The van der Waals surface area contributed by atoms with E-state index in [9.17, 15) is 21.6 Å². The minimum atomic E-state index is -3.56. The third-order valence-corrected chi connectivity index (χ3v) is 10.0. The maximum atomic E-state index is 13.3. The van der Waals surface area contributed by atoms with E-state index in [2.05, 4.69) is 9.88 Å². The molecule has 0 aliphatic carbocycles. The third kappa shape index (κ3) is 7.28. The Bertz CT molecular complexity index is 1430. The number of sulfone groups is 2. The summed E-state index contributed by atoms with van der Waals surface area (Å²) in [5, 5.41) is 0.404. The number of hydrogen-bond acceptors (Lipinski definition) is 9. The summed E-state index contributed by atoms with van der Waals surface area (Å²) in [4.78, 5) is 21.9. The Balaban J connectivity index is 1.81. The number of fused-ring (bicyclic) bond motifs is 1. The first-order chi connectivity index (χ1) is 17.5. The highest BCUT2D eigenvalue weighted by molar-refractivity contribution is 7.91. The first-order valence-electron chi connectivity index (χ1n) is 12.0. The Morgan fingerprint density at radius 2 is 1.68 bits per heavy atom. The standard InChI is InChI=1S/C25H33N3O6S3/c1-5-27(6-2)16-17-28(25-26-24-21(35-25)9-7-10-22(24)36(4,30)31)23(29)11-8-18-37(32,33)20-14-12-19(34-3)13-15-20/h7,9-10,12-15H,5-6,8,11,16-18H2,1-4H3. The van der Waals surface area contributed by atoms with E-state index < -0.39 is 19.7 Å². The number of likely N-dealkylation sites (N-methyl/N-ethyl adjacent to an activating group) is 1. The number of ether oxygens (including phenoxy) is 1. The molecule has 3 aromatic rings. The molecule has 0 spiro atoms. The maximum absolute atomic E-state index is 13.3. The topological polar surface area (TPSA) is 114 Å². The number of thiazole rings is 1. The number of para-hydroxylation sites is 1. The number of amides is 1. The lowest BCUT2D eigenvalue weighted by atomic mass is 10.3. The van der Waals surface area contributed by atoms with Crippen molar-refractivity contribution >= 4 is 52.3 Å². The summed E-state index contributed by atoms with van der Waals surface area (Å²) in [5.74, 6) is 0.136. The van der Waals surface area contributed by atoms with E-state index in [0.717, 1.165) is 19.3 Å². The molecule has 12 heteroatoms. The Morgan fingerprint density at radius 3 is 2.27 bits per heavy atom. The van der Waals surface area contributed by atoms with Gasteiger partial charge in [-0.2, -0.15) is 0 Å². The molecule has 1 heterocycles. The van der Waals surface area contributed by atoms with Gasteiger partial charge in [0.25, 0.3) is 0 Å². The number of hydrogen-bond donors (Lipinski definition) is 0. The molecule has 0 N–H and O–H groups in total. The summed E-state index contributed by atoms with van der Waals surface area (Å²) in [6, 6.07) is 11.1. The number of benzene rings is 2. The van der Waals surface area contributed by atoms with E-state index >= 15 is 0 Å². The average molecular weight is 568 g/mol. The van der Waals surface area contributed by atoms with Gasteiger partial charge in [0.05, 0.1) is 27.4 Å². The van der Waals surface area contributed by atoms with Gasteiger partial charge in [0, 0.05) is 25.8 Å². The quantitative estimate of drug-likeness (QED) is 0.308. The highest BCUT2D eigenvalue weighted by atomic mass is 32.2. The fourth-order valence-electron chi connectivity index (χ4n) is 3.88. The van der Waals surface area contributed by atoms with Crippen molar-refractivity contribution < 1.29 is 26.4 Å². The normalized spacial score (nSPS) is 12.2. The number of carbonyl (C=O) groups is 1. The van der Waals surface area contributed by atoms with Crippen LogP contribution >= 0.6 is 11.3 Å². The van der Waals surface area contributed by atoms with Crippen LogP contribution in [0.2, 0.25) is 0 Å². The molecule has 2 aromatic carbocycles. The molecule has 3 rings (SSSR count). The number of anilines is 1. The Morgan fingerprint density at radius 1 is 1.00 bits per heavy atom. The zero-order valence-electron chi connectivity index (χ0n) is 21.5. The van der Waals surface area contributed by atoms with Crippen LogP contribution in [0.3, 0.4) is 0 Å². The van der Waals surface area contributed by atoms with Gasteiger partial charge < -0.3 is 9.64 Å². The third-order valence-electron chi connectivity index (χ3n) is 6.06. The van der Waals surface area contributed by atoms with Crippen LogP contribution in [0, 0.1) is 0 Å². The second kappa shape index (κ2) is 12.3. The van der Waals surface area contributed by atoms with Gasteiger partial charge in [-0.1, -0.05) is 31.3 Å². The van der Waals surface area contributed by atoms with Crippen molar-refractivity contribution in [3.05, 3.63) is 42.5 Å². The zero-order valence-corrected chi connectivity index (χ0v) is 24.0. The van der Waals surface area contributed by atoms with Gasteiger partial charge in [-0.05, 0) is 55.9 Å². The Kier molecular flexibility index (Phi) is 9.68. The number of methoxy groups -OCH3 is 1. The largest absolute Gasteiger partial charge is 0.497 e. The lowest BCUT2D eigenvalue weighted by Gasteiger charge is -2.24. The molecule has 0 unspecified atom stereocenters. The lowest BCUT2D eigenvalue weighted by Crippen LogP contribution is -2.39. The van der Waals surface area contributed by atoms with Gasteiger partial charge in [-0.3, -0.25) is 9.69 Å². The predicted molar refractivity (Wildman–Crippen MR) is 147 cm³/mol. The van der Waals surface area contributed by atoms with Gasteiger partial charge in [-0.15, -0.1) is 0 Å². The molecule has 0 saturated heterocycles. The molecule has 0 fully saturated rings. The van der Waals surface area contributed by atoms with Crippen LogP contribution in [-0.2, 0) is 24.5 Å². The van der Waals surface area contributed by atoms with Crippen molar-refractivity contribution in [2.75, 3.05) is 50.2 Å². The molecule has 202 valence electrons. The van der Waals surface area contributed by atoms with Crippen molar-refractivity contribution in [3.8, 4) is 5.75 Å². The van der Waals surface area contributed by atoms with Crippen molar-refractivity contribution in [1.82, 2.24) is 9.88 Å². The summed E-state index contributed by atoms with van der Waals surface area (Å²) in [6.45, 7) is 6.68. The predicted octanol–water partition coefficient (Wildman–Crippen LogP) is 3.64. The van der Waals surface area contributed by atoms with Crippen molar-refractivity contribution in [2.24, 2.45) is 0 Å². The summed E-state index contributed by atoms with van der Waals surface area (Å²) in [5.41, 5.74) is 0.340. The molecule has 0 aliphatic heterocycles. The summed E-state index contributed by atoms with van der Waals surface area (Å²) < 4.78 is 55.8. The number of rotatable bonds is 13. The monoisotopic (exact) mass is 567 g/mol. The van der Waals surface area contributed by atoms with Gasteiger partial charge >= 0.3 is 0 Å². The fraction of sp³-hybridized carbons (Fsp3) is 0.440. The van der Waals surface area contributed by atoms with Crippen LogP contribution in [-0.4, -0.2) is 77.9 Å². The van der Waals surface area contributed by atoms with Crippen LogP contribution in [0.15, 0.2) is 52.3 Å². The fourth-order valence-corrected chi connectivity index (χ4v) is 7.13. The molecular weight excluding hydrogens is 534 g/mol. The van der Waals surface area contributed by atoms with Gasteiger partial charge in [0.15, 0.2) is 24.8 Å². The average Bonchev–Trinajstić information content (AvgIpc) is 3.29. The molecule has 0 radical (unpaired) electrons. The van der Waals surface area contributed by atoms with Crippen LogP contribution in [0.5, 0.6) is 5.75 Å². The molecule has 9 nitrogen and oxygen atoms in total. The second-order valence-corrected chi connectivity index (χ2v) is 13.6. The van der Waals surface area contributed by atoms with Crippen LogP contribution in [0.4, 0.5) is 5.13 Å². The molecular formula is C25H33N3O6S3. The van der Waals surface area contributed by atoms with Crippen molar-refractivity contribution in [3.63, 3.8) is 0 Å². The van der Waals surface area contributed by atoms with E-state index in [1.54, 1.807) is 29.2 Å². The zero-order chi connectivity index (χ0) is 27.2. The van der Waals surface area contributed by atoms with E-state index in [1.165, 1.54) is 36.6 Å². The first-order valence-corrected chi connectivity index (χ1v) is 16.3. The summed E-state index contributed by atoms with van der Waals surface area (Å²) >= 11 is 1.25. The van der Waals surface area contributed by atoms with Crippen LogP contribution < -0.4 is 9.64 Å².